The van der Waals surface area contributed by atoms with Gasteiger partial charge < -0.3 is 0 Å². The Bertz CT molecular complexity index is 1140. The van der Waals surface area contributed by atoms with Crippen molar-refractivity contribution in [2.45, 2.75) is 25.7 Å². The molecule has 6 nitrogen and oxygen atoms in total. The Morgan fingerprint density at radius 3 is 2.57 bits per heavy atom. The molecular weight excluding hydrogens is 401 g/mol. The van der Waals surface area contributed by atoms with E-state index in [4.69, 9.17) is 0 Å². The normalized spacial score (nSPS) is 11.9. The van der Waals surface area contributed by atoms with Gasteiger partial charge in [0.15, 0.2) is 5.13 Å². The van der Waals surface area contributed by atoms with Crippen LogP contribution in [0.2, 0.25) is 0 Å². The highest BCUT2D eigenvalue weighted by atomic mass is 32.2. The molecule has 0 aliphatic carbocycles. The lowest BCUT2D eigenvalue weighted by Gasteiger charge is -2.19. The lowest BCUT2D eigenvalue weighted by atomic mass is 10.2. The molecule has 0 unspecified atom stereocenters. The number of nitrogens with one attached hydrogen (secondary N) is 1. The van der Waals surface area contributed by atoms with Gasteiger partial charge in [0.05, 0.1) is 10.2 Å². The van der Waals surface area contributed by atoms with Crippen LogP contribution in [0.15, 0.2) is 41.3 Å². The smallest absolute Gasteiger partial charge is 0.257 e. The standard InChI is InChI=1S/C19H20FN3O3S2/c1-4-23(5-2)28(25,26)17-11-13(7-8-14(17)20)18(24)22-19-21-15-9-6-12(3)10-16(15)27-19/h6-11H,4-5H2,1-3H3,(H,21,22,24). The molecule has 1 heterocycles. The van der Waals surface area contributed by atoms with Crippen molar-refractivity contribution in [3.05, 3.63) is 53.3 Å². The number of halogens is 1. The first-order valence-electron chi connectivity index (χ1n) is 8.74. The van der Waals surface area contributed by atoms with E-state index in [1.165, 1.54) is 17.4 Å². The summed E-state index contributed by atoms with van der Waals surface area (Å²) in [6.07, 6.45) is 0. The monoisotopic (exact) mass is 421 g/mol. The second-order valence-electron chi connectivity index (χ2n) is 6.18. The zero-order valence-corrected chi connectivity index (χ0v) is 17.3. The molecule has 0 spiro atoms. The van der Waals surface area contributed by atoms with Gasteiger partial charge in [0.1, 0.15) is 10.7 Å². The minimum atomic E-state index is -4.02. The van der Waals surface area contributed by atoms with Crippen molar-refractivity contribution in [3.8, 4) is 0 Å². The predicted octanol–water partition coefficient (Wildman–Crippen LogP) is 4.03. The third-order valence-electron chi connectivity index (χ3n) is 4.28. The number of anilines is 1. The minimum absolute atomic E-state index is 0.0440. The van der Waals surface area contributed by atoms with Crippen LogP contribution in [0.5, 0.6) is 0 Å². The number of sulfonamides is 1. The van der Waals surface area contributed by atoms with E-state index in [-0.39, 0.29) is 18.7 Å². The zero-order chi connectivity index (χ0) is 20.5. The number of aromatic nitrogens is 1. The fraction of sp³-hybridized carbons (Fsp3) is 0.263. The Balaban J connectivity index is 1.91. The van der Waals surface area contributed by atoms with Crippen LogP contribution >= 0.6 is 11.3 Å². The van der Waals surface area contributed by atoms with Crippen molar-refractivity contribution >= 4 is 42.6 Å². The second kappa shape index (κ2) is 7.94. The SMILES string of the molecule is CCN(CC)S(=O)(=O)c1cc(C(=O)Nc2nc3ccc(C)cc3s2)ccc1F. The molecule has 0 bridgehead atoms. The molecule has 1 aromatic heterocycles. The highest BCUT2D eigenvalue weighted by molar-refractivity contribution is 7.89. The summed E-state index contributed by atoms with van der Waals surface area (Å²) >= 11 is 1.32. The Hall–Kier alpha value is -2.36. The van der Waals surface area contributed by atoms with Crippen molar-refractivity contribution in [1.29, 1.82) is 0 Å². The Morgan fingerprint density at radius 1 is 1.18 bits per heavy atom. The van der Waals surface area contributed by atoms with E-state index in [9.17, 15) is 17.6 Å². The summed E-state index contributed by atoms with van der Waals surface area (Å²) in [7, 11) is -4.02. The molecule has 0 saturated heterocycles. The Labute approximate surface area is 167 Å². The molecule has 0 saturated carbocycles. The number of rotatable bonds is 6. The molecule has 0 aliphatic heterocycles. The molecule has 1 amide bonds. The van der Waals surface area contributed by atoms with Crippen LogP contribution in [-0.2, 0) is 10.0 Å². The maximum atomic E-state index is 14.2. The van der Waals surface area contributed by atoms with Gasteiger partial charge in [0.25, 0.3) is 5.91 Å². The molecule has 2 aromatic carbocycles. The third kappa shape index (κ3) is 3.91. The molecule has 9 heteroatoms. The number of amides is 1. The van der Waals surface area contributed by atoms with Crippen LogP contribution in [0.3, 0.4) is 0 Å². The first-order chi connectivity index (χ1) is 13.3. The minimum Gasteiger partial charge on any atom is -0.298 e. The molecule has 3 rings (SSSR count). The number of carbonyl (C=O) groups is 1. The molecule has 0 fully saturated rings. The van der Waals surface area contributed by atoms with Crippen molar-refractivity contribution in [1.82, 2.24) is 9.29 Å². The topological polar surface area (TPSA) is 79.4 Å². The van der Waals surface area contributed by atoms with E-state index < -0.39 is 26.6 Å². The molecule has 0 atom stereocenters. The Kier molecular flexibility index (Phi) is 5.78. The molecule has 3 aromatic rings. The van der Waals surface area contributed by atoms with E-state index in [0.717, 1.165) is 32.2 Å². The van der Waals surface area contributed by atoms with Gasteiger partial charge in [-0.15, -0.1) is 0 Å². The van der Waals surface area contributed by atoms with E-state index in [1.54, 1.807) is 13.8 Å². The highest BCUT2D eigenvalue weighted by Crippen LogP contribution is 2.27. The van der Waals surface area contributed by atoms with Gasteiger partial charge in [0, 0.05) is 18.7 Å². The number of aryl methyl sites for hydroxylation is 1. The lowest BCUT2D eigenvalue weighted by molar-refractivity contribution is 0.102. The van der Waals surface area contributed by atoms with Crippen molar-refractivity contribution in [2.75, 3.05) is 18.4 Å². The summed E-state index contributed by atoms with van der Waals surface area (Å²) in [4.78, 5) is 16.4. The number of hydrogen-bond acceptors (Lipinski definition) is 5. The van der Waals surface area contributed by atoms with E-state index in [0.29, 0.717) is 5.13 Å². The summed E-state index contributed by atoms with van der Waals surface area (Å²) in [6.45, 7) is 5.72. The van der Waals surface area contributed by atoms with Crippen molar-refractivity contribution in [2.24, 2.45) is 0 Å². The van der Waals surface area contributed by atoms with Crippen LogP contribution in [0.1, 0.15) is 29.8 Å². The van der Waals surface area contributed by atoms with Gasteiger partial charge in [0.2, 0.25) is 10.0 Å². The van der Waals surface area contributed by atoms with Crippen molar-refractivity contribution in [3.63, 3.8) is 0 Å². The first-order valence-corrected chi connectivity index (χ1v) is 11.0. The maximum absolute atomic E-state index is 14.2. The fourth-order valence-corrected chi connectivity index (χ4v) is 5.31. The summed E-state index contributed by atoms with van der Waals surface area (Å²) in [6, 6.07) is 9.07. The van der Waals surface area contributed by atoms with Gasteiger partial charge in [-0.1, -0.05) is 31.3 Å². The molecular formula is C19H20FN3O3S2. The van der Waals surface area contributed by atoms with Crippen LogP contribution < -0.4 is 5.32 Å². The Morgan fingerprint density at radius 2 is 1.89 bits per heavy atom. The quantitative estimate of drug-likeness (QED) is 0.652. The second-order valence-corrected chi connectivity index (χ2v) is 9.12. The van der Waals surface area contributed by atoms with Gasteiger partial charge >= 0.3 is 0 Å². The molecule has 0 radical (unpaired) electrons. The lowest BCUT2D eigenvalue weighted by Crippen LogP contribution is -2.31. The number of hydrogen-bond donors (Lipinski definition) is 1. The van der Waals surface area contributed by atoms with Crippen LogP contribution in [0, 0.1) is 12.7 Å². The average Bonchev–Trinajstić information content (AvgIpc) is 3.03. The zero-order valence-electron chi connectivity index (χ0n) is 15.7. The molecule has 148 valence electrons. The molecule has 0 aliphatic rings. The fourth-order valence-electron chi connectivity index (χ4n) is 2.80. The number of thiazole rings is 1. The van der Waals surface area contributed by atoms with E-state index in [1.807, 2.05) is 25.1 Å². The van der Waals surface area contributed by atoms with Crippen LogP contribution in [0.4, 0.5) is 9.52 Å². The number of nitrogens with zero attached hydrogens (tertiary/aromatic N) is 2. The molecule has 28 heavy (non-hydrogen) atoms. The summed E-state index contributed by atoms with van der Waals surface area (Å²) in [5, 5.41) is 3.05. The van der Waals surface area contributed by atoms with Gasteiger partial charge in [-0.25, -0.2) is 17.8 Å². The number of fused-ring (bicyclic) bond motifs is 1. The predicted molar refractivity (Wildman–Crippen MR) is 109 cm³/mol. The number of carbonyl (C=O) groups excluding carboxylic acids is 1. The molecule has 1 N–H and O–H groups in total. The summed E-state index contributed by atoms with van der Waals surface area (Å²) in [5.41, 5.74) is 1.89. The van der Waals surface area contributed by atoms with Crippen molar-refractivity contribution < 1.29 is 17.6 Å². The van der Waals surface area contributed by atoms with Gasteiger partial charge in [-0.05, 0) is 42.8 Å². The van der Waals surface area contributed by atoms with Gasteiger partial charge in [-0.2, -0.15) is 4.31 Å². The third-order valence-corrected chi connectivity index (χ3v) is 7.28. The largest absolute Gasteiger partial charge is 0.298 e. The van der Waals surface area contributed by atoms with Crippen LogP contribution in [0.25, 0.3) is 10.2 Å². The number of benzene rings is 2. The summed E-state index contributed by atoms with van der Waals surface area (Å²) < 4.78 is 41.6. The van der Waals surface area contributed by atoms with E-state index >= 15 is 0 Å². The first kappa shape index (κ1) is 20.4. The van der Waals surface area contributed by atoms with Gasteiger partial charge in [-0.3, -0.25) is 10.1 Å². The summed E-state index contributed by atoms with van der Waals surface area (Å²) in [5.74, 6) is -1.44. The average molecular weight is 422 g/mol. The maximum Gasteiger partial charge on any atom is 0.257 e. The highest BCUT2D eigenvalue weighted by Gasteiger charge is 2.26. The van der Waals surface area contributed by atoms with Crippen LogP contribution in [-0.4, -0.2) is 36.7 Å². The van der Waals surface area contributed by atoms with E-state index in [2.05, 4.69) is 10.3 Å².